The van der Waals surface area contributed by atoms with Gasteiger partial charge in [-0.25, -0.2) is 0 Å². The van der Waals surface area contributed by atoms with Gasteiger partial charge in [-0.2, -0.15) is 0 Å². The Morgan fingerprint density at radius 1 is 1.14 bits per heavy atom. The van der Waals surface area contributed by atoms with Crippen LogP contribution in [0.5, 0.6) is 0 Å². The molecule has 1 aromatic rings. The van der Waals surface area contributed by atoms with E-state index in [1.807, 2.05) is 0 Å². The van der Waals surface area contributed by atoms with Crippen molar-refractivity contribution in [3.63, 3.8) is 0 Å². The normalized spacial score (nSPS) is 28.1. The lowest BCUT2D eigenvalue weighted by molar-refractivity contribution is 0.0392. The predicted octanol–water partition coefficient (Wildman–Crippen LogP) is 3.28. The monoisotopic (exact) mass is 284 g/mol. The highest BCUT2D eigenvalue weighted by Gasteiger charge is 2.42. The van der Waals surface area contributed by atoms with Gasteiger partial charge in [0.1, 0.15) is 0 Å². The van der Waals surface area contributed by atoms with Crippen LogP contribution in [0, 0.1) is 0 Å². The Morgan fingerprint density at radius 2 is 1.95 bits per heavy atom. The Morgan fingerprint density at radius 3 is 2.81 bits per heavy atom. The lowest BCUT2D eigenvalue weighted by Crippen LogP contribution is -2.62. The molecule has 1 atom stereocenters. The molecule has 0 amide bonds. The van der Waals surface area contributed by atoms with Gasteiger partial charge in [-0.1, -0.05) is 31.0 Å². The molecule has 0 aromatic heterocycles. The van der Waals surface area contributed by atoms with Crippen molar-refractivity contribution in [2.45, 2.75) is 70.0 Å². The van der Waals surface area contributed by atoms with Crippen LogP contribution in [-0.4, -0.2) is 29.6 Å². The molecular weight excluding hydrogens is 256 g/mol. The summed E-state index contributed by atoms with van der Waals surface area (Å²) >= 11 is 0. The Bertz CT molecular complexity index is 516. The zero-order valence-corrected chi connectivity index (χ0v) is 13.3. The van der Waals surface area contributed by atoms with E-state index in [1.54, 1.807) is 11.1 Å². The minimum absolute atomic E-state index is 0.450. The second-order valence-corrected chi connectivity index (χ2v) is 7.55. The Balaban J connectivity index is 1.56. The molecular formula is C19H28N2. The van der Waals surface area contributed by atoms with E-state index < -0.39 is 0 Å². The lowest BCUT2D eigenvalue weighted by atomic mass is 9.90. The van der Waals surface area contributed by atoms with Gasteiger partial charge in [0, 0.05) is 31.2 Å². The number of nitrogens with one attached hydrogen (secondary N) is 1. The molecule has 0 radical (unpaired) electrons. The molecule has 2 aliphatic carbocycles. The molecule has 2 fully saturated rings. The minimum Gasteiger partial charge on any atom is -0.311 e. The molecule has 2 nitrogen and oxygen atoms in total. The highest BCUT2D eigenvalue weighted by atomic mass is 15.3. The van der Waals surface area contributed by atoms with Gasteiger partial charge in [-0.05, 0) is 55.7 Å². The zero-order valence-electron chi connectivity index (χ0n) is 13.3. The predicted molar refractivity (Wildman–Crippen MR) is 87.5 cm³/mol. The fourth-order valence-electron chi connectivity index (χ4n) is 4.77. The van der Waals surface area contributed by atoms with E-state index in [9.17, 15) is 0 Å². The van der Waals surface area contributed by atoms with Crippen molar-refractivity contribution in [3.8, 4) is 0 Å². The molecule has 21 heavy (non-hydrogen) atoms. The van der Waals surface area contributed by atoms with E-state index in [2.05, 4.69) is 35.3 Å². The van der Waals surface area contributed by atoms with Crippen LogP contribution in [-0.2, 0) is 19.4 Å². The first kappa shape index (κ1) is 13.8. The van der Waals surface area contributed by atoms with Gasteiger partial charge < -0.3 is 5.32 Å². The Labute approximate surface area is 128 Å². The van der Waals surface area contributed by atoms with Crippen molar-refractivity contribution in [2.75, 3.05) is 13.1 Å². The van der Waals surface area contributed by atoms with Crippen LogP contribution >= 0.6 is 0 Å². The van der Waals surface area contributed by atoms with Crippen LogP contribution in [0.4, 0.5) is 0 Å². The summed E-state index contributed by atoms with van der Waals surface area (Å²) in [6.07, 6.45) is 9.55. The Kier molecular flexibility index (Phi) is 3.55. The molecule has 1 aromatic carbocycles. The maximum absolute atomic E-state index is 3.73. The molecule has 2 heteroatoms. The van der Waals surface area contributed by atoms with Crippen molar-refractivity contribution in [1.29, 1.82) is 0 Å². The van der Waals surface area contributed by atoms with Crippen molar-refractivity contribution < 1.29 is 0 Å². The second-order valence-electron chi connectivity index (χ2n) is 7.55. The summed E-state index contributed by atoms with van der Waals surface area (Å²) in [4.78, 5) is 2.80. The second kappa shape index (κ2) is 5.40. The summed E-state index contributed by atoms with van der Waals surface area (Å²) in [6, 6.07) is 7.91. The van der Waals surface area contributed by atoms with E-state index in [4.69, 9.17) is 0 Å². The lowest BCUT2D eigenvalue weighted by Gasteiger charge is -2.48. The third-order valence-electron chi connectivity index (χ3n) is 6.02. The number of piperazine rings is 1. The van der Waals surface area contributed by atoms with Crippen LogP contribution in [0.15, 0.2) is 18.2 Å². The van der Waals surface area contributed by atoms with E-state index in [1.165, 1.54) is 63.6 Å². The number of benzene rings is 1. The van der Waals surface area contributed by atoms with Gasteiger partial charge in [0.05, 0.1) is 0 Å². The van der Waals surface area contributed by atoms with Gasteiger partial charge in [-0.15, -0.1) is 0 Å². The number of rotatable bonds is 2. The summed E-state index contributed by atoms with van der Waals surface area (Å²) in [5.41, 5.74) is 5.21. The van der Waals surface area contributed by atoms with Gasteiger partial charge in [0.25, 0.3) is 0 Å². The van der Waals surface area contributed by atoms with Gasteiger partial charge in [-0.3, -0.25) is 4.90 Å². The fourth-order valence-corrected chi connectivity index (χ4v) is 4.77. The summed E-state index contributed by atoms with van der Waals surface area (Å²) < 4.78 is 0. The molecule has 1 heterocycles. The standard InChI is InChI=1S/C19H28N2/c1-15-12-21(19(14-20-15)9-2-3-10-19)13-16-7-8-17-5-4-6-18(17)11-16/h7-8,11,15,20H,2-6,9-10,12-14H2,1H3. The number of hydrogen-bond donors (Lipinski definition) is 1. The summed E-state index contributed by atoms with van der Waals surface area (Å²) in [6.45, 7) is 5.88. The molecule has 1 spiro atoms. The summed E-state index contributed by atoms with van der Waals surface area (Å²) in [5.74, 6) is 0. The number of hydrogen-bond acceptors (Lipinski definition) is 2. The third kappa shape index (κ3) is 2.53. The summed E-state index contributed by atoms with van der Waals surface area (Å²) in [7, 11) is 0. The molecule has 1 saturated heterocycles. The molecule has 1 saturated carbocycles. The van der Waals surface area contributed by atoms with Gasteiger partial charge in [0.15, 0.2) is 0 Å². The smallest absolute Gasteiger partial charge is 0.0338 e. The summed E-state index contributed by atoms with van der Waals surface area (Å²) in [5, 5.41) is 3.73. The molecule has 1 N–H and O–H groups in total. The molecule has 3 aliphatic rings. The first-order chi connectivity index (χ1) is 10.3. The first-order valence-electron chi connectivity index (χ1n) is 8.84. The zero-order chi connectivity index (χ0) is 14.3. The van der Waals surface area contributed by atoms with Crippen LogP contribution in [0.2, 0.25) is 0 Å². The fraction of sp³-hybridized carbons (Fsp3) is 0.684. The van der Waals surface area contributed by atoms with Crippen LogP contribution in [0.1, 0.15) is 55.7 Å². The average Bonchev–Trinajstić information content (AvgIpc) is 3.13. The highest BCUT2D eigenvalue weighted by molar-refractivity contribution is 5.35. The molecule has 1 aliphatic heterocycles. The highest BCUT2D eigenvalue weighted by Crippen LogP contribution is 2.38. The molecule has 0 bridgehead atoms. The number of nitrogens with zero attached hydrogens (tertiary/aromatic N) is 1. The van der Waals surface area contributed by atoms with Crippen molar-refractivity contribution in [1.82, 2.24) is 10.2 Å². The molecule has 114 valence electrons. The third-order valence-corrected chi connectivity index (χ3v) is 6.02. The quantitative estimate of drug-likeness (QED) is 0.896. The maximum Gasteiger partial charge on any atom is 0.0338 e. The van der Waals surface area contributed by atoms with E-state index in [0.717, 1.165) is 6.54 Å². The van der Waals surface area contributed by atoms with E-state index >= 15 is 0 Å². The topological polar surface area (TPSA) is 15.3 Å². The minimum atomic E-state index is 0.450. The molecule has 1 unspecified atom stereocenters. The number of fused-ring (bicyclic) bond motifs is 1. The van der Waals surface area contributed by atoms with Crippen molar-refractivity contribution in [3.05, 3.63) is 34.9 Å². The van der Waals surface area contributed by atoms with E-state index in [0.29, 0.717) is 11.6 Å². The van der Waals surface area contributed by atoms with Crippen LogP contribution in [0.25, 0.3) is 0 Å². The largest absolute Gasteiger partial charge is 0.311 e. The average molecular weight is 284 g/mol. The molecule has 4 rings (SSSR count). The SMILES string of the molecule is CC1CN(Cc2ccc3c(c2)CCC3)C2(CCCC2)CN1. The number of aryl methyl sites for hydroxylation is 2. The van der Waals surface area contributed by atoms with Crippen LogP contribution in [0.3, 0.4) is 0 Å². The maximum atomic E-state index is 3.73. The van der Waals surface area contributed by atoms with Crippen LogP contribution < -0.4 is 5.32 Å². The van der Waals surface area contributed by atoms with Gasteiger partial charge in [0.2, 0.25) is 0 Å². The van der Waals surface area contributed by atoms with Crippen molar-refractivity contribution >= 4 is 0 Å². The van der Waals surface area contributed by atoms with Gasteiger partial charge >= 0.3 is 0 Å². The first-order valence-corrected chi connectivity index (χ1v) is 8.84. The Hall–Kier alpha value is -0.860. The van der Waals surface area contributed by atoms with E-state index in [-0.39, 0.29) is 0 Å². The van der Waals surface area contributed by atoms with Crippen molar-refractivity contribution in [2.24, 2.45) is 0 Å².